The van der Waals surface area contributed by atoms with Gasteiger partial charge in [0, 0.05) is 5.92 Å². The lowest BCUT2D eigenvalue weighted by Gasteiger charge is -2.16. The van der Waals surface area contributed by atoms with Crippen molar-refractivity contribution in [3.8, 4) is 11.5 Å². The van der Waals surface area contributed by atoms with Crippen LogP contribution in [-0.4, -0.2) is 20.3 Å². The molecular formula is C18H23NO2. The fraction of sp³-hybridized carbons (Fsp3) is 0.333. The maximum absolute atomic E-state index is 5.94. The van der Waals surface area contributed by atoms with Gasteiger partial charge in [-0.3, -0.25) is 0 Å². The molecule has 0 radical (unpaired) electrons. The summed E-state index contributed by atoms with van der Waals surface area (Å²) >= 11 is 0. The van der Waals surface area contributed by atoms with Crippen molar-refractivity contribution in [2.45, 2.75) is 19.3 Å². The molecule has 3 heteroatoms. The minimum Gasteiger partial charge on any atom is -0.497 e. The predicted molar refractivity (Wildman–Crippen MR) is 86.1 cm³/mol. The Balaban J connectivity index is 2.06. The quantitative estimate of drug-likeness (QED) is 0.848. The van der Waals surface area contributed by atoms with Crippen molar-refractivity contribution in [1.82, 2.24) is 0 Å². The molecule has 2 aromatic carbocycles. The third-order valence-corrected chi connectivity index (χ3v) is 3.59. The zero-order chi connectivity index (χ0) is 15.1. The topological polar surface area (TPSA) is 44.5 Å². The Morgan fingerprint density at radius 3 is 2.10 bits per heavy atom. The summed E-state index contributed by atoms with van der Waals surface area (Å²) in [6, 6.07) is 16.4. The van der Waals surface area contributed by atoms with Crippen LogP contribution in [-0.2, 0) is 6.42 Å². The minimum atomic E-state index is 0.314. The molecule has 0 heterocycles. The highest BCUT2D eigenvalue weighted by atomic mass is 16.5. The van der Waals surface area contributed by atoms with Crippen molar-refractivity contribution in [2.75, 3.05) is 20.3 Å². The predicted octanol–water partition coefficient (Wildman–Crippen LogP) is 3.38. The normalized spacial score (nSPS) is 12.0. The van der Waals surface area contributed by atoms with Crippen LogP contribution in [0.15, 0.2) is 48.5 Å². The Labute approximate surface area is 126 Å². The molecule has 0 spiro atoms. The maximum atomic E-state index is 5.94. The molecule has 2 N–H and O–H groups in total. The van der Waals surface area contributed by atoms with Crippen LogP contribution < -0.4 is 15.2 Å². The summed E-state index contributed by atoms with van der Waals surface area (Å²) in [7, 11) is 1.68. The second kappa shape index (κ2) is 7.70. The van der Waals surface area contributed by atoms with Gasteiger partial charge in [0.05, 0.1) is 13.7 Å². The lowest BCUT2D eigenvalue weighted by atomic mass is 9.92. The number of hydrogen-bond acceptors (Lipinski definition) is 3. The minimum absolute atomic E-state index is 0.314. The second-order valence-corrected chi connectivity index (χ2v) is 4.99. The van der Waals surface area contributed by atoms with Crippen LogP contribution in [0.5, 0.6) is 11.5 Å². The van der Waals surface area contributed by atoms with E-state index in [1.807, 2.05) is 31.2 Å². The van der Waals surface area contributed by atoms with E-state index in [0.29, 0.717) is 19.1 Å². The molecule has 0 aliphatic carbocycles. The zero-order valence-electron chi connectivity index (χ0n) is 12.7. The van der Waals surface area contributed by atoms with Gasteiger partial charge in [0.1, 0.15) is 11.5 Å². The number of hydrogen-bond donors (Lipinski definition) is 1. The number of rotatable bonds is 7. The van der Waals surface area contributed by atoms with E-state index >= 15 is 0 Å². The Morgan fingerprint density at radius 1 is 0.952 bits per heavy atom. The monoisotopic (exact) mass is 285 g/mol. The fourth-order valence-corrected chi connectivity index (χ4v) is 2.39. The molecule has 2 rings (SSSR count). The van der Waals surface area contributed by atoms with Crippen LogP contribution in [0.1, 0.15) is 24.0 Å². The SMILES string of the molecule is CCOc1ccc(CC(CN)c2ccc(OC)cc2)cc1. The maximum Gasteiger partial charge on any atom is 0.119 e. The molecule has 0 fully saturated rings. The van der Waals surface area contributed by atoms with Gasteiger partial charge in [-0.05, 0) is 55.3 Å². The molecule has 0 bridgehead atoms. The molecular weight excluding hydrogens is 262 g/mol. The third kappa shape index (κ3) is 4.23. The zero-order valence-corrected chi connectivity index (χ0v) is 12.7. The first kappa shape index (κ1) is 15.4. The molecule has 21 heavy (non-hydrogen) atoms. The van der Waals surface area contributed by atoms with Gasteiger partial charge in [-0.1, -0.05) is 24.3 Å². The van der Waals surface area contributed by atoms with Crippen LogP contribution in [0.2, 0.25) is 0 Å². The standard InChI is InChI=1S/C18H23NO2/c1-3-21-18-8-4-14(5-9-18)12-16(13-19)15-6-10-17(20-2)11-7-15/h4-11,16H,3,12-13,19H2,1-2H3. The van der Waals surface area contributed by atoms with Gasteiger partial charge < -0.3 is 15.2 Å². The van der Waals surface area contributed by atoms with E-state index in [9.17, 15) is 0 Å². The number of benzene rings is 2. The first-order valence-corrected chi connectivity index (χ1v) is 7.32. The van der Waals surface area contributed by atoms with Crippen molar-refractivity contribution < 1.29 is 9.47 Å². The van der Waals surface area contributed by atoms with Crippen molar-refractivity contribution in [1.29, 1.82) is 0 Å². The molecule has 1 unspecified atom stereocenters. The van der Waals surface area contributed by atoms with Gasteiger partial charge in [-0.25, -0.2) is 0 Å². The van der Waals surface area contributed by atoms with E-state index in [1.165, 1.54) is 11.1 Å². The third-order valence-electron chi connectivity index (χ3n) is 3.59. The van der Waals surface area contributed by atoms with E-state index < -0.39 is 0 Å². The van der Waals surface area contributed by atoms with Crippen LogP contribution >= 0.6 is 0 Å². The Kier molecular flexibility index (Phi) is 5.64. The van der Waals surface area contributed by atoms with Crippen molar-refractivity contribution >= 4 is 0 Å². The highest BCUT2D eigenvalue weighted by Gasteiger charge is 2.11. The smallest absolute Gasteiger partial charge is 0.119 e. The number of methoxy groups -OCH3 is 1. The first-order valence-electron chi connectivity index (χ1n) is 7.32. The van der Waals surface area contributed by atoms with E-state index in [1.54, 1.807) is 7.11 Å². The van der Waals surface area contributed by atoms with E-state index in [0.717, 1.165) is 17.9 Å². The summed E-state index contributed by atoms with van der Waals surface area (Å²) in [5.74, 6) is 2.10. The highest BCUT2D eigenvalue weighted by molar-refractivity contribution is 5.32. The molecule has 0 aromatic heterocycles. The lowest BCUT2D eigenvalue weighted by molar-refractivity contribution is 0.340. The van der Waals surface area contributed by atoms with E-state index in [2.05, 4.69) is 24.3 Å². The van der Waals surface area contributed by atoms with Crippen LogP contribution in [0, 0.1) is 0 Å². The van der Waals surface area contributed by atoms with Gasteiger partial charge in [-0.15, -0.1) is 0 Å². The van der Waals surface area contributed by atoms with Gasteiger partial charge in [0.2, 0.25) is 0 Å². The van der Waals surface area contributed by atoms with Crippen molar-refractivity contribution in [2.24, 2.45) is 5.73 Å². The lowest BCUT2D eigenvalue weighted by Crippen LogP contribution is -2.15. The van der Waals surface area contributed by atoms with Crippen molar-refractivity contribution in [3.05, 3.63) is 59.7 Å². The molecule has 2 aromatic rings. The average molecular weight is 285 g/mol. The van der Waals surface area contributed by atoms with Gasteiger partial charge in [0.15, 0.2) is 0 Å². The summed E-state index contributed by atoms with van der Waals surface area (Å²) in [6.07, 6.45) is 0.926. The Bertz CT molecular complexity index is 534. The highest BCUT2D eigenvalue weighted by Crippen LogP contribution is 2.23. The average Bonchev–Trinajstić information content (AvgIpc) is 2.54. The summed E-state index contributed by atoms with van der Waals surface area (Å²) in [5.41, 5.74) is 8.46. The molecule has 1 atom stereocenters. The van der Waals surface area contributed by atoms with Gasteiger partial charge in [0.25, 0.3) is 0 Å². The van der Waals surface area contributed by atoms with Gasteiger partial charge in [-0.2, -0.15) is 0 Å². The summed E-state index contributed by atoms with van der Waals surface area (Å²) in [5, 5.41) is 0. The molecule has 0 amide bonds. The second-order valence-electron chi connectivity index (χ2n) is 4.99. The van der Waals surface area contributed by atoms with Crippen LogP contribution in [0.25, 0.3) is 0 Å². The summed E-state index contributed by atoms with van der Waals surface area (Å²) in [6.45, 7) is 3.30. The fourth-order valence-electron chi connectivity index (χ4n) is 2.39. The molecule has 0 aliphatic rings. The largest absolute Gasteiger partial charge is 0.497 e. The summed E-state index contributed by atoms with van der Waals surface area (Å²) in [4.78, 5) is 0. The molecule has 0 saturated carbocycles. The Hall–Kier alpha value is -2.00. The van der Waals surface area contributed by atoms with Gasteiger partial charge >= 0.3 is 0 Å². The summed E-state index contributed by atoms with van der Waals surface area (Å²) < 4.78 is 10.7. The Morgan fingerprint density at radius 2 is 1.57 bits per heavy atom. The number of ether oxygens (including phenoxy) is 2. The first-order chi connectivity index (χ1) is 10.3. The van der Waals surface area contributed by atoms with Crippen LogP contribution in [0.3, 0.4) is 0 Å². The van der Waals surface area contributed by atoms with E-state index in [4.69, 9.17) is 15.2 Å². The van der Waals surface area contributed by atoms with Crippen molar-refractivity contribution in [3.63, 3.8) is 0 Å². The number of nitrogens with two attached hydrogens (primary N) is 1. The van der Waals surface area contributed by atoms with Crippen LogP contribution in [0.4, 0.5) is 0 Å². The molecule has 0 saturated heterocycles. The molecule has 0 aliphatic heterocycles. The molecule has 112 valence electrons. The molecule has 3 nitrogen and oxygen atoms in total. The van der Waals surface area contributed by atoms with E-state index in [-0.39, 0.29) is 0 Å².